The molecule has 2 amide bonds. The van der Waals surface area contributed by atoms with Crippen molar-refractivity contribution in [3.63, 3.8) is 0 Å². The number of alkyl carbamates (subject to hydrolysis) is 1. The Morgan fingerprint density at radius 3 is 2.03 bits per heavy atom. The first-order valence-corrected chi connectivity index (χ1v) is 11.6. The summed E-state index contributed by atoms with van der Waals surface area (Å²) >= 11 is 0. The largest absolute Gasteiger partial charge is 0.479 e. The zero-order valence-electron chi connectivity index (χ0n) is 19.4. The van der Waals surface area contributed by atoms with Crippen molar-refractivity contribution in [3.8, 4) is 11.1 Å². The van der Waals surface area contributed by atoms with Crippen LogP contribution in [0.4, 0.5) is 4.79 Å². The maximum Gasteiger partial charge on any atom is 0.407 e. The number of rotatable bonds is 9. The van der Waals surface area contributed by atoms with Crippen LogP contribution in [0.25, 0.3) is 11.1 Å². The molecule has 0 aromatic heterocycles. The number of carbonyl (C=O) groups is 3. The molecule has 0 fully saturated rings. The molecule has 0 spiro atoms. The van der Waals surface area contributed by atoms with Crippen LogP contribution in [0, 0.1) is 0 Å². The van der Waals surface area contributed by atoms with Gasteiger partial charge in [0, 0.05) is 18.4 Å². The molecule has 4 rings (SSSR count). The molecule has 35 heavy (non-hydrogen) atoms. The molecule has 0 radical (unpaired) electrons. The highest BCUT2D eigenvalue weighted by molar-refractivity contribution is 5.84. The molecule has 3 N–H and O–H groups in total. The SMILES string of the molecule is CC(CCC(=O)NC(C(=O)O)c1ccccc1)NC(=O)OCC1c2ccccc2-c2ccccc21. The van der Waals surface area contributed by atoms with Gasteiger partial charge in [0.15, 0.2) is 6.04 Å². The van der Waals surface area contributed by atoms with Crippen LogP contribution in [0.2, 0.25) is 0 Å². The molecule has 0 saturated heterocycles. The standard InChI is InChI=1S/C28H28N2O5/c1-18(15-16-25(31)30-26(27(32)33)19-9-3-2-4-10-19)29-28(34)35-17-24-22-13-7-5-11-20(22)21-12-6-8-14-23(21)24/h2-14,18,24,26H,15-17H2,1H3,(H,29,34)(H,30,31)(H,32,33). The second-order valence-electron chi connectivity index (χ2n) is 8.66. The van der Waals surface area contributed by atoms with Gasteiger partial charge in [-0.2, -0.15) is 0 Å². The Morgan fingerprint density at radius 1 is 0.857 bits per heavy atom. The second kappa shape index (κ2) is 10.9. The summed E-state index contributed by atoms with van der Waals surface area (Å²) in [4.78, 5) is 36.3. The van der Waals surface area contributed by atoms with Gasteiger partial charge in [-0.05, 0) is 41.2 Å². The summed E-state index contributed by atoms with van der Waals surface area (Å²) in [6.45, 7) is 1.99. The monoisotopic (exact) mass is 472 g/mol. The van der Waals surface area contributed by atoms with Gasteiger partial charge in [-0.3, -0.25) is 4.79 Å². The number of hydrogen-bond donors (Lipinski definition) is 3. The molecule has 1 aliphatic rings. The van der Waals surface area contributed by atoms with Crippen molar-refractivity contribution < 1.29 is 24.2 Å². The van der Waals surface area contributed by atoms with Crippen LogP contribution in [0.15, 0.2) is 78.9 Å². The van der Waals surface area contributed by atoms with Gasteiger partial charge >= 0.3 is 12.1 Å². The van der Waals surface area contributed by atoms with Crippen LogP contribution < -0.4 is 10.6 Å². The van der Waals surface area contributed by atoms with E-state index < -0.39 is 24.0 Å². The average molecular weight is 473 g/mol. The second-order valence-corrected chi connectivity index (χ2v) is 8.66. The van der Waals surface area contributed by atoms with Crippen LogP contribution in [-0.4, -0.2) is 35.7 Å². The van der Waals surface area contributed by atoms with Gasteiger partial charge in [0.2, 0.25) is 5.91 Å². The molecule has 3 aromatic carbocycles. The van der Waals surface area contributed by atoms with Gasteiger partial charge in [0.25, 0.3) is 0 Å². The Balaban J connectivity index is 1.26. The Bertz CT molecular complexity index is 1170. The molecule has 7 nitrogen and oxygen atoms in total. The van der Waals surface area contributed by atoms with Gasteiger partial charge in [0.1, 0.15) is 6.61 Å². The fourth-order valence-electron chi connectivity index (χ4n) is 4.43. The van der Waals surface area contributed by atoms with Gasteiger partial charge < -0.3 is 20.5 Å². The quantitative estimate of drug-likeness (QED) is 0.421. The molecule has 3 aromatic rings. The highest BCUT2D eigenvalue weighted by Gasteiger charge is 2.29. The number of aliphatic carboxylic acids is 1. The summed E-state index contributed by atoms with van der Waals surface area (Å²) in [7, 11) is 0. The lowest BCUT2D eigenvalue weighted by Crippen LogP contribution is -2.37. The van der Waals surface area contributed by atoms with Gasteiger partial charge in [-0.15, -0.1) is 0 Å². The zero-order valence-corrected chi connectivity index (χ0v) is 19.4. The van der Waals surface area contributed by atoms with E-state index in [4.69, 9.17) is 4.74 Å². The molecule has 0 heterocycles. The van der Waals surface area contributed by atoms with E-state index >= 15 is 0 Å². The maximum atomic E-state index is 12.4. The van der Waals surface area contributed by atoms with Crippen LogP contribution in [0.3, 0.4) is 0 Å². The first-order valence-electron chi connectivity index (χ1n) is 11.6. The first-order chi connectivity index (χ1) is 16.9. The Kier molecular flexibility index (Phi) is 7.45. The van der Waals surface area contributed by atoms with E-state index in [0.717, 1.165) is 22.3 Å². The van der Waals surface area contributed by atoms with Crippen molar-refractivity contribution in [2.75, 3.05) is 6.61 Å². The van der Waals surface area contributed by atoms with Crippen molar-refractivity contribution in [3.05, 3.63) is 95.6 Å². The molecule has 0 bridgehead atoms. The van der Waals surface area contributed by atoms with Gasteiger partial charge in [-0.25, -0.2) is 9.59 Å². The summed E-state index contributed by atoms with van der Waals surface area (Å²) in [5.74, 6) is -1.56. The van der Waals surface area contributed by atoms with Crippen molar-refractivity contribution in [1.82, 2.24) is 10.6 Å². The van der Waals surface area contributed by atoms with Gasteiger partial charge in [-0.1, -0.05) is 78.9 Å². The van der Waals surface area contributed by atoms with E-state index in [-0.39, 0.29) is 25.0 Å². The van der Waals surface area contributed by atoms with E-state index in [9.17, 15) is 19.5 Å². The summed E-state index contributed by atoms with van der Waals surface area (Å²) in [5, 5.41) is 14.8. The van der Waals surface area contributed by atoms with Crippen LogP contribution in [0.1, 0.15) is 48.4 Å². The van der Waals surface area contributed by atoms with E-state index in [0.29, 0.717) is 12.0 Å². The number of hydrogen-bond acceptors (Lipinski definition) is 4. The van der Waals surface area contributed by atoms with E-state index in [1.807, 2.05) is 24.3 Å². The van der Waals surface area contributed by atoms with Crippen molar-refractivity contribution >= 4 is 18.0 Å². The van der Waals surface area contributed by atoms with Gasteiger partial charge in [0.05, 0.1) is 0 Å². The van der Waals surface area contributed by atoms with Crippen LogP contribution in [0.5, 0.6) is 0 Å². The molecule has 180 valence electrons. The third-order valence-corrected chi connectivity index (χ3v) is 6.20. The number of nitrogens with one attached hydrogen (secondary N) is 2. The minimum Gasteiger partial charge on any atom is -0.479 e. The molecule has 0 saturated carbocycles. The van der Waals surface area contributed by atoms with Crippen LogP contribution in [-0.2, 0) is 14.3 Å². The molecule has 1 aliphatic carbocycles. The molecular weight excluding hydrogens is 444 g/mol. The Hall–Kier alpha value is -4.13. The predicted molar refractivity (Wildman–Crippen MR) is 132 cm³/mol. The zero-order chi connectivity index (χ0) is 24.8. The first kappa shape index (κ1) is 24.0. The normalized spacial score (nSPS) is 13.7. The van der Waals surface area contributed by atoms with Crippen molar-refractivity contribution in [2.45, 2.75) is 37.8 Å². The molecule has 7 heteroatoms. The molecule has 2 atom stereocenters. The summed E-state index contributed by atoms with van der Waals surface area (Å²) in [5.41, 5.74) is 5.09. The number of ether oxygens (including phenoxy) is 1. The summed E-state index contributed by atoms with van der Waals surface area (Å²) in [6, 6.07) is 23.3. The highest BCUT2D eigenvalue weighted by Crippen LogP contribution is 2.44. The minimum absolute atomic E-state index is 0.0276. The average Bonchev–Trinajstić information content (AvgIpc) is 3.19. The van der Waals surface area contributed by atoms with Crippen molar-refractivity contribution in [1.29, 1.82) is 0 Å². The Morgan fingerprint density at radius 2 is 1.43 bits per heavy atom. The highest BCUT2D eigenvalue weighted by atomic mass is 16.5. The number of amides is 2. The molecule has 0 aliphatic heterocycles. The minimum atomic E-state index is -1.13. The number of fused-ring (bicyclic) bond motifs is 3. The van der Waals surface area contributed by atoms with E-state index in [2.05, 4.69) is 34.9 Å². The third kappa shape index (κ3) is 5.69. The van der Waals surface area contributed by atoms with Crippen LogP contribution >= 0.6 is 0 Å². The smallest absolute Gasteiger partial charge is 0.407 e. The lowest BCUT2D eigenvalue weighted by Gasteiger charge is -2.18. The van der Waals surface area contributed by atoms with E-state index in [1.54, 1.807) is 37.3 Å². The Labute approximate surface area is 204 Å². The number of carbonyl (C=O) groups excluding carboxylic acids is 2. The topological polar surface area (TPSA) is 105 Å². The summed E-state index contributed by atoms with van der Waals surface area (Å²) < 4.78 is 5.54. The van der Waals surface area contributed by atoms with Crippen molar-refractivity contribution in [2.24, 2.45) is 0 Å². The fourth-order valence-corrected chi connectivity index (χ4v) is 4.43. The maximum absolute atomic E-state index is 12.4. The predicted octanol–water partition coefficient (Wildman–Crippen LogP) is 4.64. The number of benzene rings is 3. The third-order valence-electron chi connectivity index (χ3n) is 6.20. The summed E-state index contributed by atoms with van der Waals surface area (Å²) in [6.07, 6.45) is -0.133. The lowest BCUT2D eigenvalue weighted by atomic mass is 9.98. The number of carboxylic acid groups (broad SMARTS) is 1. The van der Waals surface area contributed by atoms with E-state index in [1.165, 1.54) is 0 Å². The number of carboxylic acids is 1. The molecule has 2 unspecified atom stereocenters. The fraction of sp³-hybridized carbons (Fsp3) is 0.250. The molecular formula is C28H28N2O5. The lowest BCUT2D eigenvalue weighted by molar-refractivity contribution is -0.142.